The number of nitrogens with zero attached hydrogens (tertiary/aromatic N) is 1. The first-order valence-electron chi connectivity index (χ1n) is 7.34. The van der Waals surface area contributed by atoms with E-state index in [9.17, 15) is 5.11 Å². The Kier molecular flexibility index (Phi) is 3.84. The number of benzene rings is 2. The van der Waals surface area contributed by atoms with Gasteiger partial charge in [0.05, 0.1) is 13.7 Å². The van der Waals surface area contributed by atoms with Crippen molar-refractivity contribution >= 4 is 5.69 Å². The monoisotopic (exact) mass is 283 g/mol. The fourth-order valence-electron chi connectivity index (χ4n) is 3.11. The molecule has 1 atom stereocenters. The van der Waals surface area contributed by atoms with Crippen LogP contribution in [0.25, 0.3) is 0 Å². The summed E-state index contributed by atoms with van der Waals surface area (Å²) in [4.78, 5) is 2.41. The fraction of sp³-hybridized carbons (Fsp3) is 0.333. The van der Waals surface area contributed by atoms with Crippen molar-refractivity contribution in [3.8, 4) is 5.75 Å². The van der Waals surface area contributed by atoms with E-state index in [1.54, 1.807) is 7.11 Å². The fourth-order valence-corrected chi connectivity index (χ4v) is 3.11. The molecule has 0 fully saturated rings. The number of anilines is 1. The second-order valence-electron chi connectivity index (χ2n) is 5.61. The normalized spacial score (nSPS) is 16.9. The molecule has 1 N–H and O–H groups in total. The van der Waals surface area contributed by atoms with E-state index < -0.39 is 0 Å². The molecule has 0 spiro atoms. The van der Waals surface area contributed by atoms with Gasteiger partial charge in [-0.05, 0) is 42.7 Å². The number of para-hydroxylation sites is 1. The van der Waals surface area contributed by atoms with Gasteiger partial charge < -0.3 is 14.7 Å². The van der Waals surface area contributed by atoms with Crippen molar-refractivity contribution in [1.29, 1.82) is 0 Å². The molecule has 0 bridgehead atoms. The van der Waals surface area contributed by atoms with Crippen molar-refractivity contribution in [2.45, 2.75) is 32.5 Å². The van der Waals surface area contributed by atoms with E-state index in [-0.39, 0.29) is 6.61 Å². The van der Waals surface area contributed by atoms with Crippen molar-refractivity contribution in [3.05, 3.63) is 59.2 Å². The van der Waals surface area contributed by atoms with Gasteiger partial charge in [-0.25, -0.2) is 0 Å². The van der Waals surface area contributed by atoms with E-state index in [2.05, 4.69) is 36.1 Å². The molecular weight excluding hydrogens is 262 g/mol. The SMILES string of the molecule is COc1ccc(CO)cc1CN1c2ccccc2CC1C. The van der Waals surface area contributed by atoms with E-state index in [0.717, 1.165) is 29.8 Å². The summed E-state index contributed by atoms with van der Waals surface area (Å²) in [5.74, 6) is 0.879. The molecule has 2 aromatic rings. The van der Waals surface area contributed by atoms with Crippen LogP contribution in [0.3, 0.4) is 0 Å². The molecule has 0 amide bonds. The number of fused-ring (bicyclic) bond motifs is 1. The highest BCUT2D eigenvalue weighted by molar-refractivity contribution is 5.60. The van der Waals surface area contributed by atoms with Crippen LogP contribution in [0.2, 0.25) is 0 Å². The number of rotatable bonds is 4. The molecule has 3 heteroatoms. The molecular formula is C18H21NO2. The van der Waals surface area contributed by atoms with Gasteiger partial charge >= 0.3 is 0 Å². The van der Waals surface area contributed by atoms with Crippen molar-refractivity contribution < 1.29 is 9.84 Å². The molecule has 3 rings (SSSR count). The summed E-state index contributed by atoms with van der Waals surface area (Å²) in [5, 5.41) is 9.34. The topological polar surface area (TPSA) is 32.7 Å². The van der Waals surface area contributed by atoms with Crippen LogP contribution in [0.1, 0.15) is 23.6 Å². The zero-order chi connectivity index (χ0) is 14.8. The van der Waals surface area contributed by atoms with Crippen LogP contribution in [-0.2, 0) is 19.6 Å². The Bertz CT molecular complexity index is 639. The van der Waals surface area contributed by atoms with Crippen molar-refractivity contribution in [1.82, 2.24) is 0 Å². The van der Waals surface area contributed by atoms with Gasteiger partial charge in [0, 0.05) is 23.8 Å². The lowest BCUT2D eigenvalue weighted by atomic mass is 10.1. The van der Waals surface area contributed by atoms with E-state index in [4.69, 9.17) is 4.74 Å². The Morgan fingerprint density at radius 1 is 1.24 bits per heavy atom. The molecule has 0 aliphatic carbocycles. The highest BCUT2D eigenvalue weighted by Crippen LogP contribution is 2.34. The highest BCUT2D eigenvalue weighted by atomic mass is 16.5. The zero-order valence-electron chi connectivity index (χ0n) is 12.5. The first kappa shape index (κ1) is 14.0. The van der Waals surface area contributed by atoms with Crippen LogP contribution < -0.4 is 9.64 Å². The summed E-state index contributed by atoms with van der Waals surface area (Å²) in [6.45, 7) is 3.11. The summed E-state index contributed by atoms with van der Waals surface area (Å²) in [6, 6.07) is 14.9. The van der Waals surface area contributed by atoms with Gasteiger partial charge in [-0.15, -0.1) is 0 Å². The molecule has 21 heavy (non-hydrogen) atoms. The average molecular weight is 283 g/mol. The first-order chi connectivity index (χ1) is 10.2. The number of methoxy groups -OCH3 is 1. The molecule has 1 aliphatic rings. The molecule has 0 saturated carbocycles. The van der Waals surface area contributed by atoms with Crippen molar-refractivity contribution in [2.75, 3.05) is 12.0 Å². The summed E-state index contributed by atoms with van der Waals surface area (Å²) >= 11 is 0. The Balaban J connectivity index is 1.93. The van der Waals surface area contributed by atoms with E-state index in [0.29, 0.717) is 6.04 Å². The second kappa shape index (κ2) is 5.78. The number of hydrogen-bond donors (Lipinski definition) is 1. The van der Waals surface area contributed by atoms with E-state index >= 15 is 0 Å². The van der Waals surface area contributed by atoms with Crippen LogP contribution in [0.5, 0.6) is 5.75 Å². The predicted molar refractivity (Wildman–Crippen MR) is 84.7 cm³/mol. The summed E-state index contributed by atoms with van der Waals surface area (Å²) in [5.41, 5.74) is 4.75. The third-order valence-electron chi connectivity index (χ3n) is 4.22. The standard InChI is InChI=1S/C18H21NO2/c1-13-9-15-5-3-4-6-17(15)19(13)11-16-10-14(12-20)7-8-18(16)21-2/h3-8,10,13,20H,9,11-12H2,1-2H3. The average Bonchev–Trinajstić information content (AvgIpc) is 2.83. The maximum atomic E-state index is 9.34. The van der Waals surface area contributed by atoms with E-state index in [1.165, 1.54) is 11.3 Å². The quantitative estimate of drug-likeness (QED) is 0.935. The van der Waals surface area contributed by atoms with Crippen molar-refractivity contribution in [3.63, 3.8) is 0 Å². The lowest BCUT2D eigenvalue weighted by Crippen LogP contribution is -2.28. The van der Waals surface area contributed by atoms with Gasteiger partial charge in [0.1, 0.15) is 5.75 Å². The van der Waals surface area contributed by atoms with Crippen LogP contribution in [0, 0.1) is 0 Å². The Labute approximate surface area is 125 Å². The van der Waals surface area contributed by atoms with Crippen LogP contribution >= 0.6 is 0 Å². The minimum absolute atomic E-state index is 0.0587. The smallest absolute Gasteiger partial charge is 0.123 e. The largest absolute Gasteiger partial charge is 0.496 e. The lowest BCUT2D eigenvalue weighted by molar-refractivity contribution is 0.281. The second-order valence-corrected chi connectivity index (χ2v) is 5.61. The van der Waals surface area contributed by atoms with Gasteiger partial charge in [-0.1, -0.05) is 24.3 Å². The molecule has 3 nitrogen and oxygen atoms in total. The number of aliphatic hydroxyl groups excluding tert-OH is 1. The Morgan fingerprint density at radius 3 is 2.81 bits per heavy atom. The van der Waals surface area contributed by atoms with Gasteiger partial charge in [0.15, 0.2) is 0 Å². The van der Waals surface area contributed by atoms with Gasteiger partial charge in [0.2, 0.25) is 0 Å². The molecule has 2 aromatic carbocycles. The third kappa shape index (κ3) is 2.61. The Hall–Kier alpha value is -2.00. The van der Waals surface area contributed by atoms with E-state index in [1.807, 2.05) is 18.2 Å². The third-order valence-corrected chi connectivity index (χ3v) is 4.22. The molecule has 0 radical (unpaired) electrons. The molecule has 1 unspecified atom stereocenters. The van der Waals surface area contributed by atoms with Crippen LogP contribution in [0.4, 0.5) is 5.69 Å². The predicted octanol–water partition coefficient (Wildman–Crippen LogP) is 3.14. The molecule has 0 aromatic heterocycles. The number of ether oxygens (including phenoxy) is 1. The maximum Gasteiger partial charge on any atom is 0.123 e. The zero-order valence-corrected chi connectivity index (χ0v) is 12.5. The molecule has 110 valence electrons. The van der Waals surface area contributed by atoms with Gasteiger partial charge in [-0.3, -0.25) is 0 Å². The van der Waals surface area contributed by atoms with Gasteiger partial charge in [-0.2, -0.15) is 0 Å². The molecule has 1 heterocycles. The highest BCUT2D eigenvalue weighted by Gasteiger charge is 2.26. The minimum atomic E-state index is 0.0587. The van der Waals surface area contributed by atoms with Crippen LogP contribution in [0.15, 0.2) is 42.5 Å². The van der Waals surface area contributed by atoms with Crippen LogP contribution in [-0.4, -0.2) is 18.3 Å². The summed E-state index contributed by atoms with van der Waals surface area (Å²) in [6.07, 6.45) is 1.08. The van der Waals surface area contributed by atoms with Gasteiger partial charge in [0.25, 0.3) is 0 Å². The maximum absolute atomic E-state index is 9.34. The first-order valence-corrected chi connectivity index (χ1v) is 7.34. The minimum Gasteiger partial charge on any atom is -0.496 e. The summed E-state index contributed by atoms with van der Waals surface area (Å²) in [7, 11) is 1.69. The molecule has 1 aliphatic heterocycles. The number of aliphatic hydroxyl groups is 1. The summed E-state index contributed by atoms with van der Waals surface area (Å²) < 4.78 is 5.47. The molecule has 0 saturated heterocycles. The van der Waals surface area contributed by atoms with Crippen molar-refractivity contribution in [2.24, 2.45) is 0 Å². The number of hydrogen-bond acceptors (Lipinski definition) is 3. The Morgan fingerprint density at radius 2 is 2.05 bits per heavy atom. The lowest BCUT2D eigenvalue weighted by Gasteiger charge is -2.26.